The van der Waals surface area contributed by atoms with Crippen molar-refractivity contribution < 1.29 is 18.7 Å². The molecule has 0 aliphatic carbocycles. The van der Waals surface area contributed by atoms with E-state index >= 15 is 0 Å². The lowest BCUT2D eigenvalue weighted by atomic mass is 9.98. The summed E-state index contributed by atoms with van der Waals surface area (Å²) in [6.45, 7) is 0.429. The number of hydrogen-bond acceptors (Lipinski definition) is 2. The van der Waals surface area contributed by atoms with Gasteiger partial charge in [0.25, 0.3) is 5.91 Å². The summed E-state index contributed by atoms with van der Waals surface area (Å²) >= 11 is 2.99. The van der Waals surface area contributed by atoms with Crippen LogP contribution in [0.1, 0.15) is 36.0 Å². The van der Waals surface area contributed by atoms with Gasteiger partial charge in [-0.25, -0.2) is 8.78 Å². The van der Waals surface area contributed by atoms with E-state index < -0.39 is 23.1 Å². The molecule has 1 heterocycles. The molecule has 1 aliphatic heterocycles. The fraction of sp³-hybridized carbons (Fsp3) is 0.500. The topological polar surface area (TPSA) is 40.5 Å². The number of hydrogen-bond donors (Lipinski definition) is 1. The third-order valence-corrected chi connectivity index (χ3v) is 4.03. The SMILES string of the molecule is O=C(c1c(F)cc(Br)cc1F)N1CCCCC1CCO. The van der Waals surface area contributed by atoms with Gasteiger partial charge in [0.1, 0.15) is 17.2 Å². The normalized spacial score (nSPS) is 19.2. The molecule has 0 saturated carbocycles. The van der Waals surface area contributed by atoms with Gasteiger partial charge in [-0.3, -0.25) is 4.79 Å². The molecule has 1 amide bonds. The van der Waals surface area contributed by atoms with E-state index in [0.717, 1.165) is 31.4 Å². The van der Waals surface area contributed by atoms with Crippen LogP contribution in [0.4, 0.5) is 8.78 Å². The third-order valence-electron chi connectivity index (χ3n) is 3.57. The molecule has 20 heavy (non-hydrogen) atoms. The monoisotopic (exact) mass is 347 g/mol. The highest BCUT2D eigenvalue weighted by Crippen LogP contribution is 2.25. The number of nitrogens with zero attached hydrogens (tertiary/aromatic N) is 1. The second kappa shape index (κ2) is 6.63. The Labute approximate surface area is 124 Å². The Balaban J connectivity index is 2.30. The molecule has 0 spiro atoms. The molecule has 0 radical (unpaired) electrons. The molecule has 1 N–H and O–H groups in total. The summed E-state index contributed by atoms with van der Waals surface area (Å²) in [7, 11) is 0. The van der Waals surface area contributed by atoms with Crippen molar-refractivity contribution in [2.45, 2.75) is 31.7 Å². The van der Waals surface area contributed by atoms with Crippen molar-refractivity contribution in [3.8, 4) is 0 Å². The highest BCUT2D eigenvalue weighted by Gasteiger charge is 2.30. The predicted octanol–water partition coefficient (Wildman–Crippen LogP) is 3.10. The maximum atomic E-state index is 13.9. The van der Waals surface area contributed by atoms with Gasteiger partial charge in [0.15, 0.2) is 0 Å². The van der Waals surface area contributed by atoms with E-state index in [0.29, 0.717) is 13.0 Å². The molecule has 1 aliphatic rings. The summed E-state index contributed by atoms with van der Waals surface area (Å²) < 4.78 is 28.0. The van der Waals surface area contributed by atoms with Gasteiger partial charge in [-0.05, 0) is 37.8 Å². The second-order valence-corrected chi connectivity index (χ2v) is 5.82. The first kappa shape index (κ1) is 15.4. The molecule has 1 aromatic rings. The first-order valence-electron chi connectivity index (χ1n) is 6.61. The lowest BCUT2D eigenvalue weighted by Crippen LogP contribution is -2.44. The molecule has 0 bridgehead atoms. The molecule has 2 rings (SSSR count). The molecule has 1 atom stereocenters. The summed E-state index contributed by atoms with van der Waals surface area (Å²) in [5, 5.41) is 9.04. The average molecular weight is 348 g/mol. The summed E-state index contributed by atoms with van der Waals surface area (Å²) in [5.74, 6) is -2.36. The molecule has 1 fully saturated rings. The largest absolute Gasteiger partial charge is 0.396 e. The van der Waals surface area contributed by atoms with Crippen molar-refractivity contribution >= 4 is 21.8 Å². The number of aliphatic hydroxyl groups excluding tert-OH is 1. The van der Waals surface area contributed by atoms with Crippen molar-refractivity contribution in [3.63, 3.8) is 0 Å². The van der Waals surface area contributed by atoms with Gasteiger partial charge in [-0.2, -0.15) is 0 Å². The number of aliphatic hydroxyl groups is 1. The van der Waals surface area contributed by atoms with Gasteiger partial charge in [0.2, 0.25) is 0 Å². The van der Waals surface area contributed by atoms with Gasteiger partial charge in [-0.15, -0.1) is 0 Å². The van der Waals surface area contributed by atoms with Crippen LogP contribution in [-0.4, -0.2) is 35.1 Å². The predicted molar refractivity (Wildman–Crippen MR) is 74.4 cm³/mol. The van der Waals surface area contributed by atoms with Crippen molar-refractivity contribution in [1.29, 1.82) is 0 Å². The number of likely N-dealkylation sites (tertiary alicyclic amines) is 1. The zero-order valence-corrected chi connectivity index (χ0v) is 12.5. The van der Waals surface area contributed by atoms with Gasteiger partial charge >= 0.3 is 0 Å². The minimum Gasteiger partial charge on any atom is -0.396 e. The fourth-order valence-electron chi connectivity index (χ4n) is 2.61. The van der Waals surface area contributed by atoms with Crippen molar-refractivity contribution in [3.05, 3.63) is 33.8 Å². The number of carbonyl (C=O) groups excluding carboxylic acids is 1. The molecule has 1 unspecified atom stereocenters. The number of piperidine rings is 1. The Hall–Kier alpha value is -1.01. The quantitative estimate of drug-likeness (QED) is 0.912. The second-order valence-electron chi connectivity index (χ2n) is 4.90. The molecule has 6 heteroatoms. The van der Waals surface area contributed by atoms with Crippen LogP contribution in [0.5, 0.6) is 0 Å². The van der Waals surface area contributed by atoms with E-state index in [4.69, 9.17) is 5.11 Å². The smallest absolute Gasteiger partial charge is 0.260 e. The van der Waals surface area contributed by atoms with Crippen LogP contribution >= 0.6 is 15.9 Å². The fourth-order valence-corrected chi connectivity index (χ4v) is 3.01. The Morgan fingerprint density at radius 1 is 1.35 bits per heavy atom. The first-order valence-corrected chi connectivity index (χ1v) is 7.40. The Kier molecular flexibility index (Phi) is 5.10. The van der Waals surface area contributed by atoms with Crippen molar-refractivity contribution in [2.75, 3.05) is 13.2 Å². The van der Waals surface area contributed by atoms with Crippen LogP contribution < -0.4 is 0 Å². The summed E-state index contributed by atoms with van der Waals surface area (Å²) in [6, 6.07) is 2.02. The van der Waals surface area contributed by atoms with Crippen LogP contribution in [0.25, 0.3) is 0 Å². The number of carbonyl (C=O) groups is 1. The average Bonchev–Trinajstić information content (AvgIpc) is 2.38. The number of benzene rings is 1. The lowest BCUT2D eigenvalue weighted by Gasteiger charge is -2.35. The molecular weight excluding hydrogens is 332 g/mol. The summed E-state index contributed by atoms with van der Waals surface area (Å²) in [6.07, 6.45) is 2.96. The van der Waals surface area contributed by atoms with E-state index in [1.807, 2.05) is 0 Å². The van der Waals surface area contributed by atoms with E-state index in [9.17, 15) is 13.6 Å². The number of rotatable bonds is 3. The highest BCUT2D eigenvalue weighted by atomic mass is 79.9. The van der Waals surface area contributed by atoms with Gasteiger partial charge in [0.05, 0.1) is 0 Å². The summed E-state index contributed by atoms with van der Waals surface area (Å²) in [5.41, 5.74) is -0.516. The Morgan fingerprint density at radius 3 is 2.60 bits per heavy atom. The molecule has 1 aromatic carbocycles. The van der Waals surface area contributed by atoms with Crippen molar-refractivity contribution in [2.24, 2.45) is 0 Å². The van der Waals surface area contributed by atoms with E-state index in [1.54, 1.807) is 0 Å². The zero-order valence-electron chi connectivity index (χ0n) is 10.9. The zero-order chi connectivity index (χ0) is 14.7. The van der Waals surface area contributed by atoms with E-state index in [-0.39, 0.29) is 17.1 Å². The Morgan fingerprint density at radius 2 is 2.00 bits per heavy atom. The van der Waals surface area contributed by atoms with Crippen LogP contribution in [-0.2, 0) is 0 Å². The van der Waals surface area contributed by atoms with Gasteiger partial charge < -0.3 is 10.0 Å². The number of amides is 1. The summed E-state index contributed by atoms with van der Waals surface area (Å²) in [4.78, 5) is 13.9. The van der Waals surface area contributed by atoms with Gasteiger partial charge in [-0.1, -0.05) is 15.9 Å². The van der Waals surface area contributed by atoms with E-state index in [1.165, 1.54) is 4.90 Å². The minimum absolute atomic E-state index is 0.0419. The van der Waals surface area contributed by atoms with Crippen LogP contribution in [0.2, 0.25) is 0 Å². The first-order chi connectivity index (χ1) is 9.54. The van der Waals surface area contributed by atoms with E-state index in [2.05, 4.69) is 15.9 Å². The van der Waals surface area contributed by atoms with Crippen LogP contribution in [0, 0.1) is 11.6 Å². The van der Waals surface area contributed by atoms with Crippen molar-refractivity contribution in [1.82, 2.24) is 4.90 Å². The lowest BCUT2D eigenvalue weighted by molar-refractivity contribution is 0.0565. The Bertz CT molecular complexity index is 485. The molecule has 0 aromatic heterocycles. The number of halogens is 3. The molecule has 110 valence electrons. The molecule has 3 nitrogen and oxygen atoms in total. The van der Waals surface area contributed by atoms with Gasteiger partial charge in [0, 0.05) is 23.7 Å². The minimum atomic E-state index is -0.866. The van der Waals surface area contributed by atoms with Crippen LogP contribution in [0.15, 0.2) is 16.6 Å². The molecule has 1 saturated heterocycles. The van der Waals surface area contributed by atoms with Crippen LogP contribution in [0.3, 0.4) is 0 Å². The maximum absolute atomic E-state index is 13.9. The third kappa shape index (κ3) is 3.17. The molecular formula is C14H16BrF2NO2. The highest BCUT2D eigenvalue weighted by molar-refractivity contribution is 9.10. The standard InChI is InChI=1S/C14H16BrF2NO2/c15-9-7-11(16)13(12(17)8-9)14(20)18-5-2-1-3-10(18)4-6-19/h7-8,10,19H,1-6H2. The maximum Gasteiger partial charge on any atom is 0.260 e.